The van der Waals surface area contributed by atoms with Crippen molar-refractivity contribution < 1.29 is 0 Å². The van der Waals surface area contributed by atoms with Gasteiger partial charge in [0.15, 0.2) is 5.96 Å². The Morgan fingerprint density at radius 3 is 2.42 bits per heavy atom. The molecule has 4 nitrogen and oxygen atoms in total. The summed E-state index contributed by atoms with van der Waals surface area (Å²) >= 11 is 1.82. The Kier molecular flexibility index (Phi) is 10.2. The van der Waals surface area contributed by atoms with Crippen molar-refractivity contribution in [3.05, 3.63) is 22.4 Å². The zero-order valence-electron chi connectivity index (χ0n) is 15.4. The minimum Gasteiger partial charge on any atom is -0.356 e. The molecule has 0 aromatic carbocycles. The number of halogens is 1. The molecule has 1 aromatic rings. The average molecular weight is 464 g/mol. The number of guanidine groups is 1. The van der Waals surface area contributed by atoms with Crippen molar-refractivity contribution in [1.29, 1.82) is 0 Å². The van der Waals surface area contributed by atoms with E-state index in [0.717, 1.165) is 19.0 Å². The molecule has 2 unspecified atom stereocenters. The SMILES string of the molecule is CN=C(NCC(C)c1cccs1)NCC(C(C)C)N1CCCC1.I. The summed E-state index contributed by atoms with van der Waals surface area (Å²) in [6.45, 7) is 11.3. The third-order valence-electron chi connectivity index (χ3n) is 4.69. The number of rotatable bonds is 7. The topological polar surface area (TPSA) is 39.7 Å². The van der Waals surface area contributed by atoms with E-state index in [2.05, 4.69) is 58.8 Å². The summed E-state index contributed by atoms with van der Waals surface area (Å²) in [7, 11) is 1.85. The van der Waals surface area contributed by atoms with Gasteiger partial charge in [-0.3, -0.25) is 9.89 Å². The van der Waals surface area contributed by atoms with Crippen molar-refractivity contribution in [2.75, 3.05) is 33.2 Å². The molecule has 2 atom stereocenters. The standard InChI is InChI=1S/C18H32N4S.HI/c1-14(2)16(22-9-5-6-10-22)13-21-18(19-4)20-12-15(3)17-8-7-11-23-17;/h7-8,11,14-16H,5-6,9-10,12-13H2,1-4H3,(H2,19,20,21);1H. The molecule has 2 rings (SSSR count). The first-order valence-corrected chi connectivity index (χ1v) is 9.71. The highest BCUT2D eigenvalue weighted by atomic mass is 127. The highest BCUT2D eigenvalue weighted by Gasteiger charge is 2.24. The fourth-order valence-corrected chi connectivity index (χ4v) is 3.99. The van der Waals surface area contributed by atoms with Crippen molar-refractivity contribution in [3.63, 3.8) is 0 Å². The molecule has 0 amide bonds. The molecule has 6 heteroatoms. The molecule has 1 aliphatic heterocycles. The van der Waals surface area contributed by atoms with E-state index in [9.17, 15) is 0 Å². The van der Waals surface area contributed by atoms with E-state index >= 15 is 0 Å². The third-order valence-corrected chi connectivity index (χ3v) is 5.79. The first-order chi connectivity index (χ1) is 11.1. The van der Waals surface area contributed by atoms with Crippen LogP contribution in [0.5, 0.6) is 0 Å². The van der Waals surface area contributed by atoms with Crippen LogP contribution in [0.2, 0.25) is 0 Å². The Morgan fingerprint density at radius 2 is 1.88 bits per heavy atom. The van der Waals surface area contributed by atoms with Crippen molar-refractivity contribution >= 4 is 41.3 Å². The summed E-state index contributed by atoms with van der Waals surface area (Å²) in [6, 6.07) is 4.91. The van der Waals surface area contributed by atoms with E-state index in [-0.39, 0.29) is 24.0 Å². The molecule has 0 saturated carbocycles. The molecule has 0 aliphatic carbocycles. The molecule has 138 valence electrons. The van der Waals surface area contributed by atoms with Gasteiger partial charge in [-0.15, -0.1) is 35.3 Å². The smallest absolute Gasteiger partial charge is 0.191 e. The highest BCUT2D eigenvalue weighted by Crippen LogP contribution is 2.19. The quantitative estimate of drug-likeness (QED) is 0.367. The predicted molar refractivity (Wildman–Crippen MR) is 117 cm³/mol. The summed E-state index contributed by atoms with van der Waals surface area (Å²) in [5, 5.41) is 9.14. The Hall–Kier alpha value is -0.340. The second-order valence-electron chi connectivity index (χ2n) is 6.80. The van der Waals surface area contributed by atoms with Crippen LogP contribution >= 0.6 is 35.3 Å². The summed E-state index contributed by atoms with van der Waals surface area (Å²) in [4.78, 5) is 8.42. The maximum Gasteiger partial charge on any atom is 0.191 e. The molecule has 0 radical (unpaired) electrons. The van der Waals surface area contributed by atoms with E-state index in [1.807, 2.05) is 18.4 Å². The molecule has 2 N–H and O–H groups in total. The molecule has 24 heavy (non-hydrogen) atoms. The zero-order chi connectivity index (χ0) is 16.7. The van der Waals surface area contributed by atoms with Gasteiger partial charge in [-0.25, -0.2) is 0 Å². The molecule has 2 heterocycles. The molecule has 1 aliphatic rings. The van der Waals surface area contributed by atoms with Gasteiger partial charge >= 0.3 is 0 Å². The Bertz CT molecular complexity index is 469. The molecule has 0 spiro atoms. The van der Waals surface area contributed by atoms with Crippen LogP contribution in [0.3, 0.4) is 0 Å². The molecular weight excluding hydrogens is 431 g/mol. The number of nitrogens with one attached hydrogen (secondary N) is 2. The van der Waals surface area contributed by atoms with E-state index < -0.39 is 0 Å². The number of nitrogens with zero attached hydrogens (tertiary/aromatic N) is 2. The van der Waals surface area contributed by atoms with E-state index in [4.69, 9.17) is 0 Å². The predicted octanol–water partition coefficient (Wildman–Crippen LogP) is 3.76. The van der Waals surface area contributed by atoms with E-state index in [1.54, 1.807) is 0 Å². The number of likely N-dealkylation sites (tertiary alicyclic amines) is 1. The van der Waals surface area contributed by atoms with Crippen LogP contribution in [-0.4, -0.2) is 50.1 Å². The third kappa shape index (κ3) is 6.52. The zero-order valence-corrected chi connectivity index (χ0v) is 18.6. The lowest BCUT2D eigenvalue weighted by Crippen LogP contribution is -2.49. The number of thiophene rings is 1. The maximum absolute atomic E-state index is 4.38. The lowest BCUT2D eigenvalue weighted by atomic mass is 10.0. The van der Waals surface area contributed by atoms with Crippen LogP contribution in [0.4, 0.5) is 0 Å². The van der Waals surface area contributed by atoms with Crippen LogP contribution in [0.25, 0.3) is 0 Å². The molecule has 1 aromatic heterocycles. The van der Waals surface area contributed by atoms with Gasteiger partial charge in [0, 0.05) is 37.0 Å². The van der Waals surface area contributed by atoms with Crippen LogP contribution in [0, 0.1) is 5.92 Å². The monoisotopic (exact) mass is 464 g/mol. The van der Waals surface area contributed by atoms with Gasteiger partial charge in [-0.1, -0.05) is 26.8 Å². The maximum atomic E-state index is 4.38. The lowest BCUT2D eigenvalue weighted by Gasteiger charge is -2.31. The van der Waals surface area contributed by atoms with E-state index in [0.29, 0.717) is 17.9 Å². The van der Waals surface area contributed by atoms with Gasteiger partial charge in [0.25, 0.3) is 0 Å². The summed E-state index contributed by atoms with van der Waals surface area (Å²) in [5.74, 6) is 2.08. The minimum absolute atomic E-state index is 0. The Balaban J connectivity index is 0.00000288. The fourth-order valence-electron chi connectivity index (χ4n) is 3.20. The molecular formula is C18H33IN4S. The van der Waals surface area contributed by atoms with Crippen molar-refractivity contribution in [1.82, 2.24) is 15.5 Å². The second kappa shape index (κ2) is 11.3. The molecule has 1 fully saturated rings. The first-order valence-electron chi connectivity index (χ1n) is 8.83. The number of hydrogen-bond acceptors (Lipinski definition) is 3. The Morgan fingerprint density at radius 1 is 1.21 bits per heavy atom. The highest BCUT2D eigenvalue weighted by molar-refractivity contribution is 14.0. The van der Waals surface area contributed by atoms with Gasteiger partial charge in [0.1, 0.15) is 0 Å². The largest absolute Gasteiger partial charge is 0.356 e. The van der Waals surface area contributed by atoms with Gasteiger partial charge in [0.05, 0.1) is 0 Å². The molecule has 0 bridgehead atoms. The van der Waals surface area contributed by atoms with Crippen LogP contribution in [0.1, 0.15) is 44.4 Å². The van der Waals surface area contributed by atoms with Gasteiger partial charge in [-0.2, -0.15) is 0 Å². The van der Waals surface area contributed by atoms with Gasteiger partial charge in [0.2, 0.25) is 0 Å². The van der Waals surface area contributed by atoms with Crippen molar-refractivity contribution in [3.8, 4) is 0 Å². The van der Waals surface area contributed by atoms with Crippen LogP contribution in [0.15, 0.2) is 22.5 Å². The van der Waals surface area contributed by atoms with Crippen LogP contribution < -0.4 is 10.6 Å². The first kappa shape index (κ1) is 21.7. The number of hydrogen-bond donors (Lipinski definition) is 2. The lowest BCUT2D eigenvalue weighted by molar-refractivity contribution is 0.192. The summed E-state index contributed by atoms with van der Waals surface area (Å²) in [5.41, 5.74) is 0. The normalized spacial score (nSPS) is 18.3. The van der Waals surface area contributed by atoms with Crippen molar-refractivity contribution in [2.45, 2.75) is 45.6 Å². The summed E-state index contributed by atoms with van der Waals surface area (Å²) in [6.07, 6.45) is 2.68. The van der Waals surface area contributed by atoms with Crippen LogP contribution in [-0.2, 0) is 0 Å². The molecule has 1 saturated heterocycles. The second-order valence-corrected chi connectivity index (χ2v) is 7.78. The summed E-state index contributed by atoms with van der Waals surface area (Å²) < 4.78 is 0. The minimum atomic E-state index is 0. The van der Waals surface area contributed by atoms with E-state index in [1.165, 1.54) is 30.8 Å². The fraction of sp³-hybridized carbons (Fsp3) is 0.722. The Labute approximate surface area is 168 Å². The number of aliphatic imine (C=N–C) groups is 1. The van der Waals surface area contributed by atoms with Crippen molar-refractivity contribution in [2.24, 2.45) is 10.9 Å². The van der Waals surface area contributed by atoms with Gasteiger partial charge in [-0.05, 0) is 43.3 Å². The average Bonchev–Trinajstić information content (AvgIpc) is 3.23. The van der Waals surface area contributed by atoms with Gasteiger partial charge < -0.3 is 10.6 Å².